The minimum absolute atomic E-state index is 0.0872. The van der Waals surface area contributed by atoms with Gasteiger partial charge in [0.15, 0.2) is 5.78 Å². The molecule has 0 atom stereocenters. The number of aliphatic hydroxyl groups is 1. The molecule has 4 heteroatoms. The summed E-state index contributed by atoms with van der Waals surface area (Å²) in [5.41, 5.74) is 3.53. The molecule has 0 spiro atoms. The van der Waals surface area contributed by atoms with E-state index in [-0.39, 0.29) is 18.3 Å². The maximum atomic E-state index is 12.1. The van der Waals surface area contributed by atoms with Gasteiger partial charge in [0, 0.05) is 18.5 Å². The standard InChI is InChI=1S/C14H16N2O2/c1-8-5-12-11(15-13(7-17)16(12)2)6-10(8)14(18)9-3-4-9/h5-6,9,17H,3-4,7H2,1-2H3. The molecule has 4 nitrogen and oxygen atoms in total. The number of carbonyl (C=O) groups is 1. The van der Waals surface area contributed by atoms with Gasteiger partial charge in [-0.05, 0) is 37.5 Å². The number of aliphatic hydroxyl groups excluding tert-OH is 1. The number of fused-ring (bicyclic) bond motifs is 1. The number of Topliss-reactive ketones (excluding diaryl/α,β-unsaturated/α-hetero) is 1. The van der Waals surface area contributed by atoms with Crippen LogP contribution in [0.3, 0.4) is 0 Å². The summed E-state index contributed by atoms with van der Waals surface area (Å²) in [4.78, 5) is 16.5. The summed E-state index contributed by atoms with van der Waals surface area (Å²) in [5, 5.41) is 9.22. The average Bonchev–Trinajstić information content (AvgIpc) is 3.15. The topological polar surface area (TPSA) is 55.1 Å². The predicted octanol–water partition coefficient (Wildman–Crippen LogP) is 1.97. The lowest BCUT2D eigenvalue weighted by atomic mass is 10.0. The van der Waals surface area contributed by atoms with Crippen molar-refractivity contribution < 1.29 is 9.90 Å². The Morgan fingerprint density at radius 1 is 1.50 bits per heavy atom. The van der Waals surface area contributed by atoms with E-state index in [1.807, 2.05) is 30.7 Å². The molecule has 0 bridgehead atoms. The molecule has 94 valence electrons. The average molecular weight is 244 g/mol. The highest BCUT2D eigenvalue weighted by Crippen LogP contribution is 2.34. The van der Waals surface area contributed by atoms with Gasteiger partial charge in [0.25, 0.3) is 0 Å². The zero-order chi connectivity index (χ0) is 12.9. The fraction of sp³-hybridized carbons (Fsp3) is 0.429. The molecule has 2 aromatic rings. The second-order valence-corrected chi connectivity index (χ2v) is 5.04. The van der Waals surface area contributed by atoms with Crippen molar-refractivity contribution in [3.8, 4) is 0 Å². The molecule has 1 aliphatic carbocycles. The third kappa shape index (κ3) is 1.64. The Morgan fingerprint density at radius 3 is 2.83 bits per heavy atom. The van der Waals surface area contributed by atoms with Crippen LogP contribution in [0.1, 0.15) is 34.6 Å². The molecule has 1 heterocycles. The van der Waals surface area contributed by atoms with Crippen molar-refractivity contribution in [3.63, 3.8) is 0 Å². The van der Waals surface area contributed by atoms with Gasteiger partial charge in [-0.1, -0.05) is 0 Å². The minimum Gasteiger partial charge on any atom is -0.388 e. The van der Waals surface area contributed by atoms with Gasteiger partial charge in [0.1, 0.15) is 12.4 Å². The van der Waals surface area contributed by atoms with E-state index in [0.29, 0.717) is 5.82 Å². The molecule has 18 heavy (non-hydrogen) atoms. The molecule has 1 aliphatic rings. The molecule has 1 fully saturated rings. The number of aromatic nitrogens is 2. The summed E-state index contributed by atoms with van der Waals surface area (Å²) in [6, 6.07) is 3.85. The largest absolute Gasteiger partial charge is 0.388 e. The van der Waals surface area contributed by atoms with Crippen molar-refractivity contribution in [2.45, 2.75) is 26.4 Å². The van der Waals surface area contributed by atoms with Crippen LogP contribution in [0, 0.1) is 12.8 Å². The minimum atomic E-state index is -0.0872. The van der Waals surface area contributed by atoms with E-state index in [1.54, 1.807) is 0 Å². The fourth-order valence-corrected chi connectivity index (χ4v) is 2.36. The number of carbonyl (C=O) groups excluding carboxylic acids is 1. The Kier molecular flexibility index (Phi) is 2.48. The maximum Gasteiger partial charge on any atom is 0.166 e. The molecular formula is C14H16N2O2. The van der Waals surface area contributed by atoms with Gasteiger partial charge in [-0.3, -0.25) is 4.79 Å². The van der Waals surface area contributed by atoms with Crippen molar-refractivity contribution in [1.29, 1.82) is 0 Å². The number of aryl methyl sites for hydroxylation is 2. The Bertz CT molecular complexity index is 639. The Labute approximate surface area is 105 Å². The zero-order valence-electron chi connectivity index (χ0n) is 10.6. The van der Waals surface area contributed by atoms with E-state index in [4.69, 9.17) is 0 Å². The van der Waals surface area contributed by atoms with E-state index in [0.717, 1.165) is 35.0 Å². The van der Waals surface area contributed by atoms with Gasteiger partial charge in [-0.15, -0.1) is 0 Å². The number of nitrogens with zero attached hydrogens (tertiary/aromatic N) is 2. The number of benzene rings is 1. The molecule has 3 rings (SSSR count). The fourth-order valence-electron chi connectivity index (χ4n) is 2.36. The van der Waals surface area contributed by atoms with Crippen LogP contribution in [-0.2, 0) is 13.7 Å². The number of ketones is 1. The van der Waals surface area contributed by atoms with Crippen molar-refractivity contribution in [3.05, 3.63) is 29.1 Å². The van der Waals surface area contributed by atoms with Crippen LogP contribution in [0.4, 0.5) is 0 Å². The Balaban J connectivity index is 2.17. The lowest BCUT2D eigenvalue weighted by molar-refractivity contribution is 0.0967. The van der Waals surface area contributed by atoms with Crippen LogP contribution in [-0.4, -0.2) is 20.4 Å². The van der Waals surface area contributed by atoms with Gasteiger partial charge in [-0.25, -0.2) is 4.98 Å². The smallest absolute Gasteiger partial charge is 0.166 e. The third-order valence-electron chi connectivity index (χ3n) is 3.67. The molecule has 1 aromatic heterocycles. The third-order valence-corrected chi connectivity index (χ3v) is 3.67. The van der Waals surface area contributed by atoms with Crippen molar-refractivity contribution in [2.24, 2.45) is 13.0 Å². The quantitative estimate of drug-likeness (QED) is 0.840. The summed E-state index contributed by atoms with van der Waals surface area (Å²) in [6.45, 7) is 1.87. The lowest BCUT2D eigenvalue weighted by Gasteiger charge is -2.05. The first kappa shape index (κ1) is 11.4. The van der Waals surface area contributed by atoms with Crippen LogP contribution >= 0.6 is 0 Å². The van der Waals surface area contributed by atoms with Crippen LogP contribution < -0.4 is 0 Å². The normalized spacial score (nSPS) is 15.3. The number of imidazole rings is 1. The monoisotopic (exact) mass is 244 g/mol. The summed E-state index contributed by atoms with van der Waals surface area (Å²) in [7, 11) is 1.88. The van der Waals surface area contributed by atoms with Gasteiger partial charge < -0.3 is 9.67 Å². The first-order valence-corrected chi connectivity index (χ1v) is 6.23. The van der Waals surface area contributed by atoms with Gasteiger partial charge in [-0.2, -0.15) is 0 Å². The van der Waals surface area contributed by atoms with Crippen molar-refractivity contribution >= 4 is 16.8 Å². The second-order valence-electron chi connectivity index (χ2n) is 5.04. The second kappa shape index (κ2) is 3.92. The molecule has 0 unspecified atom stereocenters. The molecule has 0 saturated heterocycles. The van der Waals surface area contributed by atoms with Crippen LogP contribution in [0.5, 0.6) is 0 Å². The molecule has 0 amide bonds. The molecule has 0 radical (unpaired) electrons. The maximum absolute atomic E-state index is 12.1. The van der Waals surface area contributed by atoms with Crippen LogP contribution in [0.25, 0.3) is 11.0 Å². The van der Waals surface area contributed by atoms with Gasteiger partial charge in [0.05, 0.1) is 11.0 Å². The number of rotatable bonds is 3. The van der Waals surface area contributed by atoms with Crippen molar-refractivity contribution in [1.82, 2.24) is 9.55 Å². The zero-order valence-corrected chi connectivity index (χ0v) is 10.6. The molecule has 1 N–H and O–H groups in total. The summed E-state index contributed by atoms with van der Waals surface area (Å²) < 4.78 is 1.87. The van der Waals surface area contributed by atoms with E-state index < -0.39 is 0 Å². The highest BCUT2D eigenvalue weighted by molar-refractivity contribution is 6.03. The Morgan fingerprint density at radius 2 is 2.22 bits per heavy atom. The summed E-state index contributed by atoms with van der Waals surface area (Å²) in [5.74, 6) is 1.09. The lowest BCUT2D eigenvalue weighted by Crippen LogP contribution is -2.04. The molecule has 0 aliphatic heterocycles. The Hall–Kier alpha value is -1.68. The van der Waals surface area contributed by atoms with Crippen molar-refractivity contribution in [2.75, 3.05) is 0 Å². The number of hydrogen-bond donors (Lipinski definition) is 1. The molecular weight excluding hydrogens is 228 g/mol. The molecule has 1 saturated carbocycles. The number of hydrogen-bond acceptors (Lipinski definition) is 3. The van der Waals surface area contributed by atoms with Gasteiger partial charge in [0.2, 0.25) is 0 Å². The van der Waals surface area contributed by atoms with E-state index in [1.165, 1.54) is 0 Å². The summed E-state index contributed by atoms with van der Waals surface area (Å²) in [6.07, 6.45) is 2.03. The highest BCUT2D eigenvalue weighted by Gasteiger charge is 2.31. The van der Waals surface area contributed by atoms with E-state index in [9.17, 15) is 9.90 Å². The predicted molar refractivity (Wildman–Crippen MR) is 68.4 cm³/mol. The van der Waals surface area contributed by atoms with E-state index >= 15 is 0 Å². The van der Waals surface area contributed by atoms with Gasteiger partial charge >= 0.3 is 0 Å². The first-order valence-electron chi connectivity index (χ1n) is 6.23. The van der Waals surface area contributed by atoms with Crippen LogP contribution in [0.2, 0.25) is 0 Å². The van der Waals surface area contributed by atoms with E-state index in [2.05, 4.69) is 4.98 Å². The SMILES string of the molecule is Cc1cc2c(cc1C(=O)C1CC1)nc(CO)n2C. The first-order chi connectivity index (χ1) is 8.61. The molecule has 1 aromatic carbocycles. The van der Waals surface area contributed by atoms with Crippen LogP contribution in [0.15, 0.2) is 12.1 Å². The summed E-state index contributed by atoms with van der Waals surface area (Å²) >= 11 is 0. The highest BCUT2D eigenvalue weighted by atomic mass is 16.3.